The van der Waals surface area contributed by atoms with Crippen molar-refractivity contribution in [1.82, 2.24) is 9.97 Å². The highest BCUT2D eigenvalue weighted by Gasteiger charge is 2.09. The van der Waals surface area contributed by atoms with Gasteiger partial charge in [0.25, 0.3) is 0 Å². The fourth-order valence-corrected chi connectivity index (χ4v) is 1.56. The molecule has 0 aliphatic carbocycles. The molecule has 0 fully saturated rings. The number of pyridine rings is 1. The number of esters is 1. The van der Waals surface area contributed by atoms with Gasteiger partial charge in [0.1, 0.15) is 12.4 Å². The quantitative estimate of drug-likeness (QED) is 0.768. The number of aromatic nitrogens is 2. The van der Waals surface area contributed by atoms with E-state index in [0.717, 1.165) is 17.1 Å². The van der Waals surface area contributed by atoms with Crippen molar-refractivity contribution in [1.29, 1.82) is 0 Å². The number of halogens is 1. The van der Waals surface area contributed by atoms with E-state index in [1.54, 1.807) is 11.7 Å². The average Bonchev–Trinajstić information content (AvgIpc) is 2.78. The first-order valence-corrected chi connectivity index (χ1v) is 5.29. The minimum absolute atomic E-state index is 0.101. The molecule has 0 radical (unpaired) electrons. The molecule has 0 saturated heterocycles. The van der Waals surface area contributed by atoms with Gasteiger partial charge in [-0.25, -0.2) is 9.18 Å². The van der Waals surface area contributed by atoms with Crippen LogP contribution in [0, 0.1) is 5.82 Å². The Morgan fingerprint density at radius 3 is 2.94 bits per heavy atom. The van der Waals surface area contributed by atoms with Gasteiger partial charge in [0, 0.05) is 12.4 Å². The van der Waals surface area contributed by atoms with Gasteiger partial charge in [-0.15, -0.1) is 11.3 Å². The van der Waals surface area contributed by atoms with Crippen molar-refractivity contribution in [2.24, 2.45) is 0 Å². The third kappa shape index (κ3) is 2.60. The first-order valence-electron chi connectivity index (χ1n) is 4.41. The van der Waals surface area contributed by atoms with Crippen molar-refractivity contribution < 1.29 is 13.9 Å². The van der Waals surface area contributed by atoms with Crippen LogP contribution in [0.1, 0.15) is 15.2 Å². The lowest BCUT2D eigenvalue weighted by Crippen LogP contribution is -2.05. The van der Waals surface area contributed by atoms with Gasteiger partial charge in [-0.2, -0.15) is 0 Å². The van der Waals surface area contributed by atoms with Crippen LogP contribution >= 0.6 is 11.3 Å². The predicted octanol–water partition coefficient (Wildman–Crippen LogP) is 2.03. The molecule has 0 bridgehead atoms. The molecular formula is C10H7FN2O2S. The summed E-state index contributed by atoms with van der Waals surface area (Å²) in [6, 6.07) is 1.09. The molecule has 16 heavy (non-hydrogen) atoms. The van der Waals surface area contributed by atoms with Crippen LogP contribution in [0.25, 0.3) is 0 Å². The van der Waals surface area contributed by atoms with Gasteiger partial charge in [-0.05, 0) is 6.07 Å². The van der Waals surface area contributed by atoms with Crippen molar-refractivity contribution >= 4 is 17.3 Å². The normalized spacial score (nSPS) is 10.1. The fourth-order valence-electron chi connectivity index (χ4n) is 1.06. The summed E-state index contributed by atoms with van der Waals surface area (Å²) in [7, 11) is 0. The molecule has 2 aromatic heterocycles. The molecule has 6 heteroatoms. The summed E-state index contributed by atoms with van der Waals surface area (Å²) in [4.78, 5) is 19.7. The summed E-state index contributed by atoms with van der Waals surface area (Å²) in [5.41, 5.74) is 1.75. The Balaban J connectivity index is 1.98. The third-order valence-corrected chi connectivity index (χ3v) is 2.52. The number of carbonyl (C=O) groups is 1. The zero-order valence-corrected chi connectivity index (χ0v) is 8.91. The van der Waals surface area contributed by atoms with Crippen molar-refractivity contribution in [3.63, 3.8) is 0 Å². The third-order valence-electron chi connectivity index (χ3n) is 1.77. The highest BCUT2D eigenvalue weighted by atomic mass is 32.1. The Morgan fingerprint density at radius 1 is 1.38 bits per heavy atom. The molecule has 0 aromatic carbocycles. The second-order valence-electron chi connectivity index (χ2n) is 2.94. The molecule has 2 aromatic rings. The number of ether oxygens (including phenoxy) is 1. The van der Waals surface area contributed by atoms with Crippen LogP contribution in [0.2, 0.25) is 0 Å². The molecule has 0 N–H and O–H groups in total. The Labute approximate surface area is 94.7 Å². The molecule has 0 aliphatic rings. The summed E-state index contributed by atoms with van der Waals surface area (Å²) in [6.07, 6.45) is 3.90. The maximum atomic E-state index is 12.8. The van der Waals surface area contributed by atoms with E-state index < -0.39 is 11.8 Å². The van der Waals surface area contributed by atoms with E-state index in [0.29, 0.717) is 0 Å². The molecule has 0 unspecified atom stereocenters. The van der Waals surface area contributed by atoms with Crippen molar-refractivity contribution in [2.75, 3.05) is 0 Å². The van der Waals surface area contributed by atoms with E-state index in [9.17, 15) is 9.18 Å². The lowest BCUT2D eigenvalue weighted by Gasteiger charge is -2.02. The lowest BCUT2D eigenvalue weighted by atomic mass is 10.3. The molecule has 0 atom stereocenters. The van der Waals surface area contributed by atoms with E-state index in [1.807, 2.05) is 0 Å². The molecule has 2 heterocycles. The molecule has 0 aliphatic heterocycles. The number of rotatable bonds is 3. The van der Waals surface area contributed by atoms with Crippen LogP contribution in [0.15, 0.2) is 30.2 Å². The van der Waals surface area contributed by atoms with E-state index in [-0.39, 0.29) is 12.2 Å². The Morgan fingerprint density at radius 2 is 2.25 bits per heavy atom. The number of thiazole rings is 1. The van der Waals surface area contributed by atoms with Gasteiger partial charge in [0.15, 0.2) is 0 Å². The first-order chi connectivity index (χ1) is 7.75. The fraction of sp³-hybridized carbons (Fsp3) is 0.100. The van der Waals surface area contributed by atoms with Crippen LogP contribution < -0.4 is 0 Å². The summed E-state index contributed by atoms with van der Waals surface area (Å²) in [5, 5.41) is 0. The van der Waals surface area contributed by atoms with Crippen LogP contribution in [-0.2, 0) is 11.3 Å². The molecular weight excluding hydrogens is 231 g/mol. The predicted molar refractivity (Wildman–Crippen MR) is 55.4 cm³/mol. The van der Waals surface area contributed by atoms with Crippen LogP contribution in [0.3, 0.4) is 0 Å². The zero-order chi connectivity index (χ0) is 11.4. The van der Waals surface area contributed by atoms with Gasteiger partial charge in [0.05, 0.1) is 22.1 Å². The largest absolute Gasteiger partial charge is 0.456 e. The summed E-state index contributed by atoms with van der Waals surface area (Å²) < 4.78 is 17.7. The number of carbonyl (C=O) groups excluding carboxylic acids is 1. The first kappa shape index (κ1) is 10.7. The van der Waals surface area contributed by atoms with Crippen molar-refractivity contribution in [2.45, 2.75) is 6.61 Å². The second kappa shape index (κ2) is 4.80. The SMILES string of the molecule is O=C(OCc1cncs1)c1cncc(F)c1. The smallest absolute Gasteiger partial charge is 0.340 e. The highest BCUT2D eigenvalue weighted by molar-refractivity contribution is 7.09. The van der Waals surface area contributed by atoms with Gasteiger partial charge in [-0.1, -0.05) is 0 Å². The minimum Gasteiger partial charge on any atom is -0.456 e. The van der Waals surface area contributed by atoms with Crippen LogP contribution in [-0.4, -0.2) is 15.9 Å². The summed E-state index contributed by atoms with van der Waals surface area (Å²) >= 11 is 1.39. The molecule has 2 rings (SSSR count). The number of hydrogen-bond donors (Lipinski definition) is 0. The van der Waals surface area contributed by atoms with E-state index in [1.165, 1.54) is 17.5 Å². The highest BCUT2D eigenvalue weighted by Crippen LogP contribution is 2.09. The minimum atomic E-state index is -0.597. The average molecular weight is 238 g/mol. The Bertz CT molecular complexity index is 487. The van der Waals surface area contributed by atoms with E-state index >= 15 is 0 Å². The summed E-state index contributed by atoms with van der Waals surface area (Å²) in [6.45, 7) is 0.139. The summed E-state index contributed by atoms with van der Waals surface area (Å²) in [5.74, 6) is -1.16. The van der Waals surface area contributed by atoms with Crippen LogP contribution in [0.5, 0.6) is 0 Å². The van der Waals surface area contributed by atoms with Gasteiger partial charge in [0.2, 0.25) is 0 Å². The Kier molecular flexibility index (Phi) is 3.21. The topological polar surface area (TPSA) is 52.1 Å². The van der Waals surface area contributed by atoms with Crippen molar-refractivity contribution in [3.8, 4) is 0 Å². The standard InChI is InChI=1S/C10H7FN2O2S/c11-8-1-7(2-12-3-8)10(14)15-5-9-4-13-6-16-9/h1-4,6H,5H2. The molecule has 82 valence electrons. The molecule has 0 spiro atoms. The van der Waals surface area contributed by atoms with Gasteiger partial charge >= 0.3 is 5.97 Å². The van der Waals surface area contributed by atoms with E-state index in [2.05, 4.69) is 9.97 Å². The molecule has 4 nitrogen and oxygen atoms in total. The molecule has 0 amide bonds. The maximum absolute atomic E-state index is 12.8. The Hall–Kier alpha value is -1.82. The van der Waals surface area contributed by atoms with Crippen LogP contribution in [0.4, 0.5) is 4.39 Å². The zero-order valence-electron chi connectivity index (χ0n) is 8.09. The number of hydrogen-bond acceptors (Lipinski definition) is 5. The number of nitrogens with zero attached hydrogens (tertiary/aromatic N) is 2. The monoisotopic (exact) mass is 238 g/mol. The van der Waals surface area contributed by atoms with Crippen molar-refractivity contribution in [3.05, 3.63) is 46.4 Å². The lowest BCUT2D eigenvalue weighted by molar-refractivity contribution is 0.0475. The maximum Gasteiger partial charge on any atom is 0.340 e. The second-order valence-corrected chi connectivity index (χ2v) is 3.91. The van der Waals surface area contributed by atoms with Gasteiger partial charge in [-0.3, -0.25) is 9.97 Å². The van der Waals surface area contributed by atoms with Gasteiger partial charge < -0.3 is 4.74 Å². The van der Waals surface area contributed by atoms with E-state index in [4.69, 9.17) is 4.74 Å². The molecule has 0 saturated carbocycles.